The highest BCUT2D eigenvalue weighted by Gasteiger charge is 2.12. The monoisotopic (exact) mass is 352 g/mol. The van der Waals surface area contributed by atoms with Gasteiger partial charge in [0.15, 0.2) is 0 Å². The van der Waals surface area contributed by atoms with Gasteiger partial charge in [0.05, 0.1) is 12.9 Å². The molecule has 0 aliphatic rings. The molecule has 1 aromatic heterocycles. The topological polar surface area (TPSA) is 39.4 Å². The number of hydrogen-bond acceptors (Lipinski definition) is 3. The summed E-state index contributed by atoms with van der Waals surface area (Å²) < 4.78 is 10.3. The fourth-order valence-electron chi connectivity index (χ4n) is 2.90. The summed E-state index contributed by atoms with van der Waals surface area (Å²) in [5.74, 6) is -0.176. The average molecular weight is 352 g/mol. The maximum atomic E-state index is 11.8. The predicted molar refractivity (Wildman–Crippen MR) is 105 cm³/mol. The Morgan fingerprint density at radius 3 is 2.46 bits per heavy atom. The van der Waals surface area contributed by atoms with Crippen molar-refractivity contribution in [1.29, 1.82) is 0 Å². The average Bonchev–Trinajstić information content (AvgIpc) is 3.11. The van der Waals surface area contributed by atoms with Crippen LogP contribution in [0.1, 0.15) is 63.1 Å². The minimum Gasteiger partial charge on any atom is -0.460 e. The van der Waals surface area contributed by atoms with Gasteiger partial charge in [0, 0.05) is 5.57 Å². The van der Waals surface area contributed by atoms with Crippen molar-refractivity contribution >= 4 is 11.5 Å². The van der Waals surface area contributed by atoms with Crippen molar-refractivity contribution in [3.8, 4) is 0 Å². The molecule has 1 heterocycles. The van der Waals surface area contributed by atoms with E-state index in [0.717, 1.165) is 30.4 Å². The van der Waals surface area contributed by atoms with E-state index in [2.05, 4.69) is 45.6 Å². The van der Waals surface area contributed by atoms with Crippen LogP contribution in [-0.2, 0) is 4.74 Å². The lowest BCUT2D eigenvalue weighted by Gasteiger charge is -2.17. The van der Waals surface area contributed by atoms with Gasteiger partial charge < -0.3 is 9.15 Å². The van der Waals surface area contributed by atoms with E-state index >= 15 is 0 Å². The number of allylic oxidation sites excluding steroid dienone is 1. The third-order valence-corrected chi connectivity index (χ3v) is 3.81. The quantitative estimate of drug-likeness (QED) is 0.334. The summed E-state index contributed by atoms with van der Waals surface area (Å²) in [7, 11) is 0. The van der Waals surface area contributed by atoms with E-state index in [-0.39, 0.29) is 11.2 Å². The third kappa shape index (κ3) is 6.78. The molecule has 0 saturated heterocycles. The minimum absolute atomic E-state index is 0.234. The zero-order chi connectivity index (χ0) is 19.0. The molecule has 3 heteroatoms. The lowest BCUT2D eigenvalue weighted by atomic mass is 9.88. The van der Waals surface area contributed by atoms with Crippen LogP contribution >= 0.6 is 0 Å². The summed E-state index contributed by atoms with van der Waals surface area (Å²) in [4.78, 5) is 11.8. The van der Waals surface area contributed by atoms with Crippen molar-refractivity contribution in [3.05, 3.63) is 71.4 Å². The Morgan fingerprint density at radius 2 is 1.85 bits per heavy atom. The SMILES string of the molecule is CC(=C=C(CCCOC(=O)c1ccco1)c1ccccc1)CC(C)(C)C. The van der Waals surface area contributed by atoms with Crippen LogP contribution in [0.5, 0.6) is 0 Å². The van der Waals surface area contributed by atoms with Crippen LogP contribution in [0, 0.1) is 5.41 Å². The van der Waals surface area contributed by atoms with Crippen molar-refractivity contribution in [2.75, 3.05) is 6.61 Å². The lowest BCUT2D eigenvalue weighted by molar-refractivity contribution is 0.0465. The Labute approximate surface area is 156 Å². The van der Waals surface area contributed by atoms with Crippen LogP contribution in [0.15, 0.2) is 64.4 Å². The molecule has 0 unspecified atom stereocenters. The summed E-state index contributed by atoms with van der Waals surface area (Å²) in [6.07, 6.45) is 4.01. The Morgan fingerprint density at radius 1 is 1.12 bits per heavy atom. The Kier molecular flexibility index (Phi) is 7.06. The summed E-state index contributed by atoms with van der Waals surface area (Å²) >= 11 is 0. The van der Waals surface area contributed by atoms with Crippen LogP contribution in [-0.4, -0.2) is 12.6 Å². The van der Waals surface area contributed by atoms with Gasteiger partial charge in [0.1, 0.15) is 0 Å². The molecular formula is C23H28O3. The summed E-state index contributed by atoms with van der Waals surface area (Å²) in [5.41, 5.74) is 7.37. The first-order valence-electron chi connectivity index (χ1n) is 9.06. The summed E-state index contributed by atoms with van der Waals surface area (Å²) in [5, 5.41) is 0. The van der Waals surface area contributed by atoms with Gasteiger partial charge in [-0.2, -0.15) is 0 Å². The molecule has 0 spiro atoms. The molecule has 26 heavy (non-hydrogen) atoms. The maximum absolute atomic E-state index is 11.8. The molecule has 138 valence electrons. The summed E-state index contributed by atoms with van der Waals surface area (Å²) in [6, 6.07) is 13.6. The largest absolute Gasteiger partial charge is 0.460 e. The third-order valence-electron chi connectivity index (χ3n) is 3.81. The highest BCUT2D eigenvalue weighted by atomic mass is 16.5. The van der Waals surface area contributed by atoms with Gasteiger partial charge in [-0.25, -0.2) is 4.79 Å². The van der Waals surface area contributed by atoms with E-state index in [4.69, 9.17) is 9.15 Å². The number of benzene rings is 1. The number of ether oxygens (including phenoxy) is 1. The lowest BCUT2D eigenvalue weighted by Crippen LogP contribution is -2.05. The standard InChI is InChI=1S/C23H28O3/c1-18(17-23(2,3)4)16-20(19-10-6-5-7-11-19)12-8-15-26-22(24)21-13-9-14-25-21/h5-7,9-11,13-14H,8,12,15,17H2,1-4H3. The number of esters is 1. The van der Waals surface area contributed by atoms with Gasteiger partial charge in [-0.05, 0) is 54.9 Å². The number of rotatable bonds is 7. The minimum atomic E-state index is -0.417. The Balaban J connectivity index is 2.03. The number of furan rings is 1. The highest BCUT2D eigenvalue weighted by molar-refractivity contribution is 5.86. The first-order valence-corrected chi connectivity index (χ1v) is 9.06. The second-order valence-electron chi connectivity index (χ2n) is 7.70. The molecule has 2 rings (SSSR count). The van der Waals surface area contributed by atoms with Gasteiger partial charge in [-0.15, -0.1) is 5.73 Å². The second kappa shape index (κ2) is 9.26. The van der Waals surface area contributed by atoms with E-state index in [1.54, 1.807) is 12.1 Å². The predicted octanol–water partition coefficient (Wildman–Crippen LogP) is 6.28. The van der Waals surface area contributed by atoms with Gasteiger partial charge in [-0.3, -0.25) is 0 Å². The smallest absolute Gasteiger partial charge is 0.374 e. The molecule has 0 aliphatic carbocycles. The van der Waals surface area contributed by atoms with E-state index in [1.807, 2.05) is 18.2 Å². The van der Waals surface area contributed by atoms with E-state index in [1.165, 1.54) is 11.8 Å². The molecule has 3 nitrogen and oxygen atoms in total. The van der Waals surface area contributed by atoms with E-state index in [9.17, 15) is 4.79 Å². The number of hydrogen-bond donors (Lipinski definition) is 0. The Bertz CT molecular complexity index is 756. The molecule has 2 aromatic rings. The highest BCUT2D eigenvalue weighted by Crippen LogP contribution is 2.25. The maximum Gasteiger partial charge on any atom is 0.374 e. The van der Waals surface area contributed by atoms with Crippen LogP contribution in [0.3, 0.4) is 0 Å². The Hall–Kier alpha value is -2.51. The summed E-state index contributed by atoms with van der Waals surface area (Å²) in [6.45, 7) is 9.18. The van der Waals surface area contributed by atoms with Crippen molar-refractivity contribution in [1.82, 2.24) is 0 Å². The molecule has 0 fully saturated rings. The van der Waals surface area contributed by atoms with Crippen molar-refractivity contribution in [2.45, 2.75) is 47.0 Å². The van der Waals surface area contributed by atoms with Crippen LogP contribution < -0.4 is 0 Å². The van der Waals surface area contributed by atoms with Crippen LogP contribution in [0.4, 0.5) is 0 Å². The molecular weight excluding hydrogens is 324 g/mol. The van der Waals surface area contributed by atoms with Crippen molar-refractivity contribution in [3.63, 3.8) is 0 Å². The fraction of sp³-hybridized carbons (Fsp3) is 0.391. The molecule has 0 atom stereocenters. The van der Waals surface area contributed by atoms with Crippen LogP contribution in [0.2, 0.25) is 0 Å². The van der Waals surface area contributed by atoms with Crippen molar-refractivity contribution in [2.24, 2.45) is 5.41 Å². The molecule has 0 radical (unpaired) electrons. The van der Waals surface area contributed by atoms with Gasteiger partial charge >= 0.3 is 5.97 Å². The first-order chi connectivity index (χ1) is 12.3. The van der Waals surface area contributed by atoms with Crippen LogP contribution in [0.25, 0.3) is 5.57 Å². The molecule has 0 N–H and O–H groups in total. The zero-order valence-corrected chi connectivity index (χ0v) is 16.2. The second-order valence-corrected chi connectivity index (χ2v) is 7.70. The van der Waals surface area contributed by atoms with Crippen molar-refractivity contribution < 1.29 is 13.9 Å². The number of carbonyl (C=O) groups is 1. The molecule has 0 saturated carbocycles. The van der Waals surface area contributed by atoms with Gasteiger partial charge in [0.2, 0.25) is 5.76 Å². The molecule has 0 bridgehead atoms. The molecule has 0 aliphatic heterocycles. The van der Waals surface area contributed by atoms with E-state index in [0.29, 0.717) is 6.61 Å². The molecule has 1 aromatic carbocycles. The first kappa shape index (κ1) is 19.8. The fourth-order valence-corrected chi connectivity index (χ4v) is 2.90. The van der Waals surface area contributed by atoms with Gasteiger partial charge in [0.25, 0.3) is 0 Å². The van der Waals surface area contributed by atoms with Gasteiger partial charge in [-0.1, -0.05) is 51.1 Å². The zero-order valence-electron chi connectivity index (χ0n) is 16.2. The normalized spacial score (nSPS) is 10.9. The van der Waals surface area contributed by atoms with E-state index < -0.39 is 5.97 Å². The number of carbonyl (C=O) groups excluding carboxylic acids is 1. The molecule has 0 amide bonds.